The summed E-state index contributed by atoms with van der Waals surface area (Å²) in [5.74, 6) is 1.43. The fraction of sp³-hybridized carbons (Fsp3) is 0.767. The molecular formula is C30H47FN6O2. The Hall–Kier alpha value is -2.26. The van der Waals surface area contributed by atoms with Gasteiger partial charge >= 0.3 is 0 Å². The van der Waals surface area contributed by atoms with E-state index in [1.807, 2.05) is 6.20 Å². The number of nitrogens with one attached hydrogen (secondary N) is 1. The lowest BCUT2D eigenvalue weighted by Gasteiger charge is -2.37. The van der Waals surface area contributed by atoms with E-state index in [2.05, 4.69) is 39.7 Å². The molecule has 2 saturated heterocycles. The standard InChI is InChI=1S/C30H47FN6O2/c1-3-4-21(2)33-30-32-19-26-27(20-37(28(26)34-30)24-5-7-25(38)8-6-24)22-11-16-36(17-12-22)29(39)23-9-14-35(15-10-23)18-13-31/h19-25,38H,3-18H2,1-2H3,(H,32,33,34)/t21-,24-,25-/m0/s1. The van der Waals surface area contributed by atoms with Crippen LogP contribution in [0.3, 0.4) is 0 Å². The average molecular weight is 543 g/mol. The Labute approximate surface area is 232 Å². The van der Waals surface area contributed by atoms with Crippen LogP contribution in [0.2, 0.25) is 0 Å². The second-order valence-electron chi connectivity index (χ2n) is 12.1. The van der Waals surface area contributed by atoms with Crippen molar-refractivity contribution < 1.29 is 14.3 Å². The zero-order valence-electron chi connectivity index (χ0n) is 23.8. The highest BCUT2D eigenvalue weighted by molar-refractivity contribution is 5.82. The van der Waals surface area contributed by atoms with Crippen molar-refractivity contribution in [2.75, 3.05) is 44.7 Å². The largest absolute Gasteiger partial charge is 0.393 e. The molecule has 0 aromatic carbocycles. The molecule has 0 spiro atoms. The van der Waals surface area contributed by atoms with Gasteiger partial charge < -0.3 is 24.8 Å². The van der Waals surface area contributed by atoms with Crippen LogP contribution in [0.25, 0.3) is 11.0 Å². The van der Waals surface area contributed by atoms with E-state index in [0.29, 0.717) is 30.5 Å². The molecule has 2 N–H and O–H groups in total. The van der Waals surface area contributed by atoms with Crippen molar-refractivity contribution in [2.24, 2.45) is 5.92 Å². The number of fused-ring (bicyclic) bond motifs is 1. The molecule has 0 unspecified atom stereocenters. The van der Waals surface area contributed by atoms with E-state index in [0.717, 1.165) is 101 Å². The SMILES string of the molecule is CCC[C@H](C)Nc1ncc2c(C3CCN(C(=O)C4CCN(CCF)CC4)CC3)cn([C@H]3CC[C@H](O)CC3)c2n1. The predicted octanol–water partition coefficient (Wildman–Crippen LogP) is 4.90. The molecule has 3 aliphatic rings. The fourth-order valence-corrected chi connectivity index (χ4v) is 6.98. The highest BCUT2D eigenvalue weighted by atomic mass is 19.1. The number of alkyl halides is 1. The summed E-state index contributed by atoms with van der Waals surface area (Å²) >= 11 is 0. The summed E-state index contributed by atoms with van der Waals surface area (Å²) in [4.78, 5) is 27.2. The number of rotatable bonds is 9. The molecule has 5 rings (SSSR count). The van der Waals surface area contributed by atoms with Crippen molar-refractivity contribution in [1.29, 1.82) is 0 Å². The number of halogens is 1. The molecule has 8 nitrogen and oxygen atoms in total. The maximum Gasteiger partial charge on any atom is 0.225 e. The molecule has 2 aliphatic heterocycles. The van der Waals surface area contributed by atoms with Gasteiger partial charge in [0.2, 0.25) is 11.9 Å². The summed E-state index contributed by atoms with van der Waals surface area (Å²) in [5.41, 5.74) is 2.29. The summed E-state index contributed by atoms with van der Waals surface area (Å²) in [6, 6.07) is 0.656. The summed E-state index contributed by atoms with van der Waals surface area (Å²) < 4.78 is 15.0. The van der Waals surface area contributed by atoms with Crippen molar-refractivity contribution in [2.45, 2.75) is 102 Å². The number of nitrogens with zero attached hydrogens (tertiary/aromatic N) is 5. The van der Waals surface area contributed by atoms with Gasteiger partial charge in [-0.2, -0.15) is 4.98 Å². The molecule has 3 fully saturated rings. The third kappa shape index (κ3) is 6.56. The fourth-order valence-electron chi connectivity index (χ4n) is 6.98. The van der Waals surface area contributed by atoms with E-state index >= 15 is 0 Å². The number of piperidine rings is 2. The summed E-state index contributed by atoms with van der Waals surface area (Å²) in [7, 11) is 0. The quantitative estimate of drug-likeness (QED) is 0.469. The molecule has 0 bridgehead atoms. The van der Waals surface area contributed by atoms with E-state index in [9.17, 15) is 14.3 Å². The van der Waals surface area contributed by atoms with Gasteiger partial charge in [0.25, 0.3) is 0 Å². The lowest BCUT2D eigenvalue weighted by Crippen LogP contribution is -2.45. The summed E-state index contributed by atoms with van der Waals surface area (Å²) in [6.45, 7) is 7.74. The van der Waals surface area contributed by atoms with Crippen LogP contribution in [0, 0.1) is 5.92 Å². The Morgan fingerprint density at radius 3 is 2.49 bits per heavy atom. The molecule has 2 aromatic rings. The zero-order chi connectivity index (χ0) is 27.4. The van der Waals surface area contributed by atoms with Gasteiger partial charge in [-0.15, -0.1) is 0 Å². The van der Waals surface area contributed by atoms with Crippen molar-refractivity contribution >= 4 is 22.9 Å². The van der Waals surface area contributed by atoms with Crippen LogP contribution in [-0.2, 0) is 4.79 Å². The molecule has 2 aromatic heterocycles. The highest BCUT2D eigenvalue weighted by Gasteiger charge is 2.33. The number of aromatic nitrogens is 3. The Balaban J connectivity index is 1.30. The number of hydrogen-bond donors (Lipinski definition) is 2. The normalized spacial score (nSPS) is 24.8. The van der Waals surface area contributed by atoms with Crippen molar-refractivity contribution in [3.05, 3.63) is 18.0 Å². The van der Waals surface area contributed by atoms with Crippen LogP contribution >= 0.6 is 0 Å². The van der Waals surface area contributed by atoms with Crippen molar-refractivity contribution in [3.63, 3.8) is 0 Å². The lowest BCUT2D eigenvalue weighted by atomic mass is 9.88. The number of carbonyl (C=O) groups is 1. The van der Waals surface area contributed by atoms with Crippen LogP contribution < -0.4 is 5.32 Å². The second-order valence-corrected chi connectivity index (χ2v) is 12.1. The maximum atomic E-state index is 13.3. The number of aliphatic hydroxyl groups is 1. The van der Waals surface area contributed by atoms with Gasteiger partial charge in [0.1, 0.15) is 12.3 Å². The highest BCUT2D eigenvalue weighted by Crippen LogP contribution is 2.38. The van der Waals surface area contributed by atoms with Crippen molar-refractivity contribution in [3.8, 4) is 0 Å². The minimum absolute atomic E-state index is 0.0791. The molecule has 216 valence electrons. The number of amides is 1. The summed E-state index contributed by atoms with van der Waals surface area (Å²) in [5, 5.41) is 14.7. The number of hydrogen-bond acceptors (Lipinski definition) is 6. The first-order valence-corrected chi connectivity index (χ1v) is 15.4. The van der Waals surface area contributed by atoms with E-state index in [4.69, 9.17) is 9.97 Å². The predicted molar refractivity (Wildman–Crippen MR) is 153 cm³/mol. The first-order chi connectivity index (χ1) is 19.0. The number of anilines is 1. The molecule has 39 heavy (non-hydrogen) atoms. The number of aliphatic hydroxyl groups excluding tert-OH is 1. The first-order valence-electron chi connectivity index (χ1n) is 15.4. The van der Waals surface area contributed by atoms with Crippen LogP contribution in [-0.4, -0.2) is 86.9 Å². The van der Waals surface area contributed by atoms with Crippen LogP contribution in [0.5, 0.6) is 0 Å². The monoisotopic (exact) mass is 542 g/mol. The molecule has 1 atom stereocenters. The van der Waals surface area contributed by atoms with Crippen LogP contribution in [0.15, 0.2) is 12.4 Å². The molecule has 9 heteroatoms. The molecule has 0 radical (unpaired) electrons. The number of likely N-dealkylation sites (tertiary alicyclic amines) is 2. The Bertz CT molecular complexity index is 1080. The average Bonchev–Trinajstić information content (AvgIpc) is 3.33. The van der Waals surface area contributed by atoms with Gasteiger partial charge in [-0.3, -0.25) is 4.79 Å². The van der Waals surface area contributed by atoms with E-state index in [1.165, 1.54) is 5.56 Å². The van der Waals surface area contributed by atoms with Gasteiger partial charge in [0.05, 0.1) is 6.10 Å². The second kappa shape index (κ2) is 12.9. The molecular weight excluding hydrogens is 495 g/mol. The maximum absolute atomic E-state index is 13.3. The van der Waals surface area contributed by atoms with Crippen LogP contribution in [0.1, 0.15) is 95.6 Å². The van der Waals surface area contributed by atoms with Gasteiger partial charge in [-0.05, 0) is 89.3 Å². The Morgan fingerprint density at radius 1 is 1.10 bits per heavy atom. The third-order valence-corrected chi connectivity index (χ3v) is 9.34. The van der Waals surface area contributed by atoms with Crippen LogP contribution in [0.4, 0.5) is 10.3 Å². The molecule has 4 heterocycles. The van der Waals surface area contributed by atoms with Crippen molar-refractivity contribution in [1.82, 2.24) is 24.3 Å². The lowest BCUT2D eigenvalue weighted by molar-refractivity contribution is -0.138. The van der Waals surface area contributed by atoms with Gasteiger partial charge in [0.15, 0.2) is 0 Å². The number of carbonyl (C=O) groups excluding carboxylic acids is 1. The van der Waals surface area contributed by atoms with E-state index in [-0.39, 0.29) is 24.6 Å². The Morgan fingerprint density at radius 2 is 1.82 bits per heavy atom. The van der Waals surface area contributed by atoms with Gasteiger partial charge in [-0.1, -0.05) is 13.3 Å². The van der Waals surface area contributed by atoms with Gasteiger partial charge in [0, 0.05) is 55.4 Å². The van der Waals surface area contributed by atoms with Gasteiger partial charge in [-0.25, -0.2) is 9.37 Å². The third-order valence-electron chi connectivity index (χ3n) is 9.34. The minimum atomic E-state index is -0.313. The first kappa shape index (κ1) is 28.3. The smallest absolute Gasteiger partial charge is 0.225 e. The van der Waals surface area contributed by atoms with E-state index < -0.39 is 0 Å². The van der Waals surface area contributed by atoms with E-state index in [1.54, 1.807) is 0 Å². The molecule has 1 aliphatic carbocycles. The zero-order valence-corrected chi connectivity index (χ0v) is 23.8. The molecule has 1 saturated carbocycles. The topological polar surface area (TPSA) is 86.5 Å². The molecule has 1 amide bonds. The Kier molecular flexibility index (Phi) is 9.38. The minimum Gasteiger partial charge on any atom is -0.393 e. The summed E-state index contributed by atoms with van der Waals surface area (Å²) in [6.07, 6.45) is 13.4.